The molecule has 1 aliphatic heterocycles. The minimum atomic E-state index is 0.389. The van der Waals surface area contributed by atoms with Crippen molar-refractivity contribution in [3.8, 4) is 0 Å². The second kappa shape index (κ2) is 7.43. The molecule has 1 saturated carbocycles. The predicted molar refractivity (Wildman–Crippen MR) is 89.7 cm³/mol. The van der Waals surface area contributed by atoms with Crippen LogP contribution in [0.25, 0.3) is 0 Å². The van der Waals surface area contributed by atoms with Gasteiger partial charge in [-0.25, -0.2) is 0 Å². The van der Waals surface area contributed by atoms with E-state index >= 15 is 0 Å². The van der Waals surface area contributed by atoms with Crippen LogP contribution >= 0.6 is 0 Å². The lowest BCUT2D eigenvalue weighted by Gasteiger charge is -2.48. The molecular weight excluding hydrogens is 260 g/mol. The van der Waals surface area contributed by atoms with Gasteiger partial charge >= 0.3 is 0 Å². The SMILES string of the molecule is CCCNC1C(CN2CC(C)OCC2C)CCCC1(C)C. The molecule has 3 nitrogen and oxygen atoms in total. The molecule has 21 heavy (non-hydrogen) atoms. The van der Waals surface area contributed by atoms with E-state index in [1.54, 1.807) is 0 Å². The average molecular weight is 296 g/mol. The van der Waals surface area contributed by atoms with Crippen molar-refractivity contribution in [1.29, 1.82) is 0 Å². The molecule has 2 fully saturated rings. The Morgan fingerprint density at radius 2 is 2.05 bits per heavy atom. The predicted octanol–water partition coefficient (Wildman–Crippen LogP) is 3.29. The van der Waals surface area contributed by atoms with Crippen molar-refractivity contribution in [1.82, 2.24) is 10.2 Å². The Bertz CT molecular complexity index is 318. The highest BCUT2D eigenvalue weighted by atomic mass is 16.5. The van der Waals surface area contributed by atoms with Crippen molar-refractivity contribution in [2.45, 2.75) is 78.5 Å². The normalized spacial score (nSPS) is 37.6. The smallest absolute Gasteiger partial charge is 0.0674 e. The van der Waals surface area contributed by atoms with Gasteiger partial charge in [0, 0.05) is 25.2 Å². The van der Waals surface area contributed by atoms with Crippen molar-refractivity contribution in [3.05, 3.63) is 0 Å². The van der Waals surface area contributed by atoms with Crippen molar-refractivity contribution >= 4 is 0 Å². The summed E-state index contributed by atoms with van der Waals surface area (Å²) in [7, 11) is 0. The van der Waals surface area contributed by atoms with Crippen LogP contribution in [0.4, 0.5) is 0 Å². The number of ether oxygens (including phenoxy) is 1. The monoisotopic (exact) mass is 296 g/mol. The fraction of sp³-hybridized carbons (Fsp3) is 1.00. The third-order valence-electron chi connectivity index (χ3n) is 5.53. The molecule has 0 aromatic carbocycles. The van der Waals surface area contributed by atoms with Crippen molar-refractivity contribution in [3.63, 3.8) is 0 Å². The molecule has 0 aromatic heterocycles. The first-order chi connectivity index (χ1) is 9.94. The quantitative estimate of drug-likeness (QED) is 0.842. The Morgan fingerprint density at radius 3 is 2.76 bits per heavy atom. The van der Waals surface area contributed by atoms with Gasteiger partial charge in [0.25, 0.3) is 0 Å². The van der Waals surface area contributed by atoms with Gasteiger partial charge in [0.05, 0.1) is 12.7 Å². The summed E-state index contributed by atoms with van der Waals surface area (Å²) < 4.78 is 5.78. The molecular formula is C18H36N2O. The zero-order valence-corrected chi connectivity index (χ0v) is 14.8. The molecule has 2 aliphatic rings. The first kappa shape index (κ1) is 17.2. The van der Waals surface area contributed by atoms with Crippen LogP contribution in [0.15, 0.2) is 0 Å². The fourth-order valence-corrected chi connectivity index (χ4v) is 4.25. The number of nitrogens with zero attached hydrogens (tertiary/aromatic N) is 1. The maximum atomic E-state index is 5.78. The average Bonchev–Trinajstić information content (AvgIpc) is 2.41. The van der Waals surface area contributed by atoms with Gasteiger partial charge in [-0.2, -0.15) is 0 Å². The third-order valence-corrected chi connectivity index (χ3v) is 5.53. The number of hydrogen-bond donors (Lipinski definition) is 1. The Kier molecular flexibility index (Phi) is 6.10. The molecule has 0 spiro atoms. The first-order valence-electron chi connectivity index (χ1n) is 9.03. The minimum Gasteiger partial charge on any atom is -0.376 e. The molecule has 1 aliphatic carbocycles. The Hall–Kier alpha value is -0.120. The standard InChI is InChI=1S/C18H36N2O/c1-6-10-19-17-16(8-7-9-18(17,4)5)12-20-11-15(3)21-13-14(20)2/h14-17,19H,6-13H2,1-5H3. The lowest BCUT2D eigenvalue weighted by atomic mass is 9.67. The zero-order valence-electron chi connectivity index (χ0n) is 14.8. The van der Waals surface area contributed by atoms with Crippen LogP contribution in [0, 0.1) is 11.3 Å². The molecule has 124 valence electrons. The summed E-state index contributed by atoms with van der Waals surface area (Å²) in [6.07, 6.45) is 5.74. The van der Waals surface area contributed by atoms with Crippen molar-refractivity contribution in [2.75, 3.05) is 26.2 Å². The second-order valence-corrected chi connectivity index (χ2v) is 8.02. The van der Waals surface area contributed by atoms with E-state index < -0.39 is 0 Å². The fourth-order valence-electron chi connectivity index (χ4n) is 4.25. The molecule has 1 heterocycles. The van der Waals surface area contributed by atoms with Gasteiger partial charge in [0.15, 0.2) is 0 Å². The largest absolute Gasteiger partial charge is 0.376 e. The van der Waals surface area contributed by atoms with Crippen molar-refractivity contribution < 1.29 is 4.74 Å². The number of hydrogen-bond acceptors (Lipinski definition) is 3. The van der Waals surface area contributed by atoms with Crippen LogP contribution in [0.2, 0.25) is 0 Å². The zero-order chi connectivity index (χ0) is 15.5. The highest BCUT2D eigenvalue weighted by molar-refractivity contribution is 4.95. The van der Waals surface area contributed by atoms with E-state index in [1.165, 1.54) is 32.2 Å². The van der Waals surface area contributed by atoms with Crippen LogP contribution < -0.4 is 5.32 Å². The molecule has 0 radical (unpaired) electrons. The van der Waals surface area contributed by atoms with Gasteiger partial charge in [-0.15, -0.1) is 0 Å². The topological polar surface area (TPSA) is 24.5 Å². The van der Waals surface area contributed by atoms with Gasteiger partial charge in [-0.1, -0.05) is 27.2 Å². The maximum Gasteiger partial charge on any atom is 0.0674 e. The Balaban J connectivity index is 2.00. The third kappa shape index (κ3) is 4.43. The van der Waals surface area contributed by atoms with E-state index in [4.69, 9.17) is 4.74 Å². The van der Waals surface area contributed by atoms with Gasteiger partial charge < -0.3 is 10.1 Å². The van der Waals surface area contributed by atoms with Crippen LogP contribution in [-0.4, -0.2) is 49.3 Å². The number of morpholine rings is 1. The first-order valence-corrected chi connectivity index (χ1v) is 9.03. The summed E-state index contributed by atoms with van der Waals surface area (Å²) in [6, 6.07) is 1.23. The molecule has 0 bridgehead atoms. The summed E-state index contributed by atoms with van der Waals surface area (Å²) in [5, 5.41) is 3.87. The molecule has 1 N–H and O–H groups in total. The molecule has 0 aromatic rings. The lowest BCUT2D eigenvalue weighted by molar-refractivity contribution is -0.0614. The van der Waals surface area contributed by atoms with E-state index in [1.807, 2.05) is 0 Å². The molecule has 1 saturated heterocycles. The number of nitrogens with one attached hydrogen (secondary N) is 1. The summed E-state index contributed by atoms with van der Waals surface area (Å²) in [5.74, 6) is 0.785. The summed E-state index contributed by atoms with van der Waals surface area (Å²) in [6.45, 7) is 16.1. The Morgan fingerprint density at radius 1 is 1.29 bits per heavy atom. The summed E-state index contributed by atoms with van der Waals surface area (Å²) in [4.78, 5) is 2.67. The molecule has 0 amide bonds. The summed E-state index contributed by atoms with van der Waals surface area (Å²) in [5.41, 5.74) is 0.430. The minimum absolute atomic E-state index is 0.389. The van der Waals surface area contributed by atoms with E-state index in [2.05, 4.69) is 44.8 Å². The van der Waals surface area contributed by atoms with Crippen LogP contribution in [0.5, 0.6) is 0 Å². The van der Waals surface area contributed by atoms with Gasteiger partial charge in [0.1, 0.15) is 0 Å². The highest BCUT2D eigenvalue weighted by Gasteiger charge is 2.40. The number of rotatable bonds is 5. The lowest BCUT2D eigenvalue weighted by Crippen LogP contribution is -2.56. The van der Waals surface area contributed by atoms with Crippen LogP contribution in [0.3, 0.4) is 0 Å². The highest BCUT2D eigenvalue weighted by Crippen LogP contribution is 2.39. The molecule has 2 rings (SSSR count). The second-order valence-electron chi connectivity index (χ2n) is 8.02. The molecule has 3 heteroatoms. The van der Waals surface area contributed by atoms with E-state index in [0.29, 0.717) is 23.6 Å². The van der Waals surface area contributed by atoms with Gasteiger partial charge in [-0.3, -0.25) is 4.90 Å². The van der Waals surface area contributed by atoms with E-state index in [9.17, 15) is 0 Å². The summed E-state index contributed by atoms with van der Waals surface area (Å²) >= 11 is 0. The molecule has 4 unspecified atom stereocenters. The molecule has 4 atom stereocenters. The van der Waals surface area contributed by atoms with E-state index in [-0.39, 0.29) is 0 Å². The van der Waals surface area contributed by atoms with Crippen molar-refractivity contribution in [2.24, 2.45) is 11.3 Å². The van der Waals surface area contributed by atoms with E-state index in [0.717, 1.165) is 25.6 Å². The Labute approximate surface area is 131 Å². The van der Waals surface area contributed by atoms with Crippen LogP contribution in [0.1, 0.15) is 60.3 Å². The maximum absolute atomic E-state index is 5.78. The van der Waals surface area contributed by atoms with Crippen LogP contribution in [-0.2, 0) is 4.74 Å². The van der Waals surface area contributed by atoms with Gasteiger partial charge in [0.2, 0.25) is 0 Å². The van der Waals surface area contributed by atoms with Gasteiger partial charge in [-0.05, 0) is 51.0 Å².